The molecule has 5 rings (SSSR count). The van der Waals surface area contributed by atoms with Gasteiger partial charge in [-0.1, -0.05) is 23.5 Å². The van der Waals surface area contributed by atoms with Crippen LogP contribution >= 0.6 is 11.3 Å². The van der Waals surface area contributed by atoms with Gasteiger partial charge in [0.2, 0.25) is 0 Å². The number of rotatable bonds is 4. The van der Waals surface area contributed by atoms with Crippen LogP contribution in [-0.2, 0) is 14.3 Å². The summed E-state index contributed by atoms with van der Waals surface area (Å²) in [6.45, 7) is 2.32. The standard InChI is InChI=1S/C25H20N2O8S/c1-12-22(24(32)33-2)36-25(26-12)27-19(13-3-6-15(28)7-4-13)18(21(30)23(27)31)20(29)14-5-8-16-17(11-14)35-10-9-34-16/h3-8,11,19,28-29H,9-10H2,1-2H3/b20-18+. The molecule has 1 unspecified atom stereocenters. The van der Waals surface area contributed by atoms with Crippen LogP contribution < -0.4 is 14.4 Å². The number of hydrogen-bond donors (Lipinski definition) is 2. The van der Waals surface area contributed by atoms with Crippen molar-refractivity contribution in [2.75, 3.05) is 25.2 Å². The van der Waals surface area contributed by atoms with E-state index >= 15 is 0 Å². The van der Waals surface area contributed by atoms with E-state index in [9.17, 15) is 24.6 Å². The highest BCUT2D eigenvalue weighted by atomic mass is 32.1. The molecule has 2 aliphatic rings. The zero-order valence-electron chi connectivity index (χ0n) is 19.2. The van der Waals surface area contributed by atoms with E-state index in [-0.39, 0.29) is 26.9 Å². The average molecular weight is 509 g/mol. The second kappa shape index (κ2) is 9.00. The SMILES string of the molecule is COC(=O)c1sc(N2C(=O)C(=O)/C(=C(/O)c3ccc4c(c3)OCCO4)C2c2ccc(O)cc2)nc1C. The Hall–Kier alpha value is -4.38. The number of anilines is 1. The number of aromatic hydroxyl groups is 1. The molecule has 0 radical (unpaired) electrons. The van der Waals surface area contributed by atoms with Crippen LogP contribution in [0.1, 0.15) is 32.5 Å². The van der Waals surface area contributed by atoms with Crippen molar-refractivity contribution in [2.45, 2.75) is 13.0 Å². The molecule has 2 N–H and O–H groups in total. The van der Waals surface area contributed by atoms with Gasteiger partial charge in [0.25, 0.3) is 5.78 Å². The summed E-state index contributed by atoms with van der Waals surface area (Å²) in [7, 11) is 1.23. The van der Waals surface area contributed by atoms with Gasteiger partial charge in [-0.05, 0) is 42.8 Å². The first-order chi connectivity index (χ1) is 17.3. The first-order valence-corrected chi connectivity index (χ1v) is 11.7. The molecule has 36 heavy (non-hydrogen) atoms. The average Bonchev–Trinajstić information content (AvgIpc) is 3.40. The van der Waals surface area contributed by atoms with Crippen LogP contribution in [0.15, 0.2) is 48.0 Å². The van der Waals surface area contributed by atoms with Gasteiger partial charge < -0.3 is 24.4 Å². The van der Waals surface area contributed by atoms with Gasteiger partial charge in [0, 0.05) is 5.56 Å². The summed E-state index contributed by atoms with van der Waals surface area (Å²) in [5.74, 6) is -1.98. The third kappa shape index (κ3) is 3.83. The molecule has 1 saturated heterocycles. The van der Waals surface area contributed by atoms with Crippen molar-refractivity contribution in [2.24, 2.45) is 0 Å². The molecule has 3 aromatic rings. The summed E-state index contributed by atoms with van der Waals surface area (Å²) in [5, 5.41) is 21.2. The zero-order chi connectivity index (χ0) is 25.6. The predicted octanol–water partition coefficient (Wildman–Crippen LogP) is 3.34. The smallest absolute Gasteiger partial charge is 0.350 e. The van der Waals surface area contributed by atoms with Crippen LogP contribution in [0.5, 0.6) is 17.2 Å². The number of aliphatic hydroxyl groups is 1. The normalized spacial score (nSPS) is 18.4. The molecule has 11 heteroatoms. The quantitative estimate of drug-likeness (QED) is 0.235. The van der Waals surface area contributed by atoms with Crippen molar-refractivity contribution in [1.29, 1.82) is 0 Å². The fourth-order valence-corrected chi connectivity index (χ4v) is 5.13. The van der Waals surface area contributed by atoms with Gasteiger partial charge in [-0.25, -0.2) is 9.78 Å². The number of aliphatic hydroxyl groups excluding tert-OH is 1. The molecule has 1 amide bonds. The van der Waals surface area contributed by atoms with E-state index in [0.29, 0.717) is 36.0 Å². The molecule has 10 nitrogen and oxygen atoms in total. The number of thiazole rings is 1. The molecule has 0 aliphatic carbocycles. The van der Waals surface area contributed by atoms with Gasteiger partial charge in [-0.3, -0.25) is 14.5 Å². The number of esters is 1. The Morgan fingerprint density at radius 2 is 1.81 bits per heavy atom. The van der Waals surface area contributed by atoms with Crippen LogP contribution in [-0.4, -0.2) is 53.2 Å². The predicted molar refractivity (Wildman–Crippen MR) is 129 cm³/mol. The summed E-state index contributed by atoms with van der Waals surface area (Å²) in [5.41, 5.74) is 0.861. The maximum Gasteiger partial charge on any atom is 0.350 e. The summed E-state index contributed by atoms with van der Waals surface area (Å²) >= 11 is 0.902. The van der Waals surface area contributed by atoms with Gasteiger partial charge in [0.05, 0.1) is 24.4 Å². The molecule has 0 spiro atoms. The molecule has 2 aromatic carbocycles. The van der Waals surface area contributed by atoms with Crippen molar-refractivity contribution < 1.29 is 38.8 Å². The lowest BCUT2D eigenvalue weighted by molar-refractivity contribution is -0.132. The van der Waals surface area contributed by atoms with E-state index in [1.54, 1.807) is 19.1 Å². The van der Waals surface area contributed by atoms with E-state index < -0.39 is 29.5 Å². The molecule has 1 atom stereocenters. The number of aryl methyl sites for hydroxylation is 1. The fraction of sp³-hybridized carbons (Fsp3) is 0.200. The topological polar surface area (TPSA) is 135 Å². The number of methoxy groups -OCH3 is 1. The third-order valence-electron chi connectivity index (χ3n) is 5.83. The Kier molecular flexibility index (Phi) is 5.84. The molecule has 184 valence electrons. The second-order valence-corrected chi connectivity index (χ2v) is 9.00. The number of phenolic OH excluding ortho intramolecular Hbond substituents is 1. The summed E-state index contributed by atoms with van der Waals surface area (Å²) in [6.07, 6.45) is 0. The number of aromatic nitrogens is 1. The van der Waals surface area contributed by atoms with Crippen LogP contribution in [0.2, 0.25) is 0 Å². The van der Waals surface area contributed by atoms with Crippen LogP contribution in [0.3, 0.4) is 0 Å². The minimum Gasteiger partial charge on any atom is -0.508 e. The molecular weight excluding hydrogens is 488 g/mol. The van der Waals surface area contributed by atoms with Crippen molar-refractivity contribution >= 4 is 39.9 Å². The Labute approximate surface area is 209 Å². The van der Waals surface area contributed by atoms with Crippen LogP contribution in [0.25, 0.3) is 5.76 Å². The van der Waals surface area contributed by atoms with E-state index in [1.807, 2.05) is 0 Å². The van der Waals surface area contributed by atoms with E-state index in [4.69, 9.17) is 14.2 Å². The number of fused-ring (bicyclic) bond motifs is 1. The first-order valence-electron chi connectivity index (χ1n) is 10.9. The van der Waals surface area contributed by atoms with Gasteiger partial charge in [-0.15, -0.1) is 0 Å². The lowest BCUT2D eigenvalue weighted by Gasteiger charge is -2.23. The largest absolute Gasteiger partial charge is 0.508 e. The molecule has 3 heterocycles. The lowest BCUT2D eigenvalue weighted by Crippen LogP contribution is -2.29. The molecule has 1 fully saturated rings. The zero-order valence-corrected chi connectivity index (χ0v) is 20.0. The minimum atomic E-state index is -1.07. The second-order valence-electron chi connectivity index (χ2n) is 8.02. The highest BCUT2D eigenvalue weighted by Crippen LogP contribution is 2.45. The molecule has 2 aliphatic heterocycles. The molecule has 0 bridgehead atoms. The third-order valence-corrected chi connectivity index (χ3v) is 6.97. The maximum absolute atomic E-state index is 13.3. The number of carbonyl (C=O) groups excluding carboxylic acids is 3. The minimum absolute atomic E-state index is 0.0133. The molecular formula is C25H20N2O8S. The number of benzene rings is 2. The summed E-state index contributed by atoms with van der Waals surface area (Å²) in [6, 6.07) is 9.53. The number of ether oxygens (including phenoxy) is 3. The van der Waals surface area contributed by atoms with E-state index in [2.05, 4.69) is 4.98 Å². The van der Waals surface area contributed by atoms with Crippen molar-refractivity contribution in [3.8, 4) is 17.2 Å². The first kappa shape index (κ1) is 23.4. The Morgan fingerprint density at radius 1 is 1.11 bits per heavy atom. The van der Waals surface area contributed by atoms with Crippen molar-refractivity contribution in [1.82, 2.24) is 4.98 Å². The summed E-state index contributed by atoms with van der Waals surface area (Å²) < 4.78 is 15.9. The van der Waals surface area contributed by atoms with Gasteiger partial charge in [-0.2, -0.15) is 0 Å². The van der Waals surface area contributed by atoms with Crippen LogP contribution in [0.4, 0.5) is 5.13 Å². The number of hydrogen-bond acceptors (Lipinski definition) is 10. The highest BCUT2D eigenvalue weighted by molar-refractivity contribution is 7.17. The molecule has 0 saturated carbocycles. The Bertz CT molecular complexity index is 1430. The monoisotopic (exact) mass is 508 g/mol. The van der Waals surface area contributed by atoms with Gasteiger partial charge in [0.1, 0.15) is 29.6 Å². The van der Waals surface area contributed by atoms with Crippen molar-refractivity contribution in [3.05, 3.63) is 69.7 Å². The Morgan fingerprint density at radius 3 is 2.50 bits per heavy atom. The van der Waals surface area contributed by atoms with Crippen LogP contribution in [0, 0.1) is 6.92 Å². The maximum atomic E-state index is 13.3. The number of amides is 1. The lowest BCUT2D eigenvalue weighted by atomic mass is 9.95. The Balaban J connectivity index is 1.68. The van der Waals surface area contributed by atoms with Crippen molar-refractivity contribution in [3.63, 3.8) is 0 Å². The number of phenols is 1. The number of carbonyl (C=O) groups is 3. The fourth-order valence-electron chi connectivity index (χ4n) is 4.12. The molecule has 1 aromatic heterocycles. The van der Waals surface area contributed by atoms with E-state index in [1.165, 1.54) is 37.4 Å². The van der Waals surface area contributed by atoms with Gasteiger partial charge >= 0.3 is 11.9 Å². The van der Waals surface area contributed by atoms with Gasteiger partial charge in [0.15, 0.2) is 16.6 Å². The highest BCUT2D eigenvalue weighted by Gasteiger charge is 2.48. The number of nitrogens with zero attached hydrogens (tertiary/aromatic N) is 2. The van der Waals surface area contributed by atoms with E-state index in [0.717, 1.165) is 16.2 Å². The number of Topliss-reactive ketones (excluding diaryl/α,β-unsaturated/α-hetero) is 1. The summed E-state index contributed by atoms with van der Waals surface area (Å²) in [4.78, 5) is 44.4. The number of ketones is 1.